The van der Waals surface area contributed by atoms with Gasteiger partial charge in [-0.05, 0) is 25.0 Å². The molecular weight excluding hydrogens is 342 g/mol. The second-order valence-electron chi connectivity index (χ2n) is 5.53. The molecular formula is C17H17N3O2S2. The summed E-state index contributed by atoms with van der Waals surface area (Å²) in [5, 5.41) is 0.546. The van der Waals surface area contributed by atoms with Crippen molar-refractivity contribution in [3.05, 3.63) is 56.7 Å². The summed E-state index contributed by atoms with van der Waals surface area (Å²) in [6.45, 7) is 3.91. The Labute approximate surface area is 147 Å². The maximum absolute atomic E-state index is 12.7. The van der Waals surface area contributed by atoms with E-state index in [1.54, 1.807) is 7.05 Å². The lowest BCUT2D eigenvalue weighted by Gasteiger charge is -2.14. The highest BCUT2D eigenvalue weighted by molar-refractivity contribution is 8.00. The third kappa shape index (κ3) is 2.85. The van der Waals surface area contributed by atoms with Crippen molar-refractivity contribution in [1.82, 2.24) is 9.55 Å². The highest BCUT2D eigenvalue weighted by atomic mass is 32.2. The lowest BCUT2D eigenvalue weighted by Crippen LogP contribution is -2.23. The van der Waals surface area contributed by atoms with E-state index in [0.717, 1.165) is 16.0 Å². The molecule has 0 aliphatic carbocycles. The number of nitrogens with zero attached hydrogens (tertiary/aromatic N) is 2. The van der Waals surface area contributed by atoms with Crippen LogP contribution in [0.1, 0.15) is 21.3 Å². The van der Waals surface area contributed by atoms with E-state index in [4.69, 9.17) is 5.73 Å². The fourth-order valence-electron chi connectivity index (χ4n) is 2.49. The van der Waals surface area contributed by atoms with Crippen molar-refractivity contribution in [1.29, 1.82) is 0 Å². The van der Waals surface area contributed by atoms with E-state index in [1.165, 1.54) is 27.7 Å². The third-order valence-electron chi connectivity index (χ3n) is 3.95. The van der Waals surface area contributed by atoms with Crippen molar-refractivity contribution < 1.29 is 4.79 Å². The maximum Gasteiger partial charge on any atom is 0.262 e. The average Bonchev–Trinajstić information content (AvgIpc) is 2.84. The molecule has 1 aromatic carbocycles. The predicted octanol–water partition coefficient (Wildman–Crippen LogP) is 2.93. The molecule has 1 unspecified atom stereocenters. The number of carbonyl (C=O) groups excluding carboxylic acids is 1. The molecule has 0 bridgehead atoms. The number of benzene rings is 1. The largest absolute Gasteiger partial charge is 0.368 e. The molecule has 0 aliphatic rings. The van der Waals surface area contributed by atoms with Crippen LogP contribution in [0.15, 0.2) is 40.3 Å². The second-order valence-corrected chi connectivity index (χ2v) is 7.81. The van der Waals surface area contributed by atoms with Gasteiger partial charge in [-0.25, -0.2) is 4.98 Å². The van der Waals surface area contributed by atoms with Gasteiger partial charge in [0.15, 0.2) is 5.16 Å². The minimum atomic E-state index is -0.594. The molecule has 0 aliphatic heterocycles. The van der Waals surface area contributed by atoms with Gasteiger partial charge in [-0.1, -0.05) is 42.1 Å². The van der Waals surface area contributed by atoms with Crippen LogP contribution in [0.4, 0.5) is 0 Å². The standard InChI is InChI=1S/C17H17N3O2S2/c1-9-10(2)23-15-12(9)16(22)20(3)17(19-15)24-13(14(18)21)11-7-5-4-6-8-11/h4-8,13H,1-3H3,(H2,18,21). The Hall–Kier alpha value is -2.12. The van der Waals surface area contributed by atoms with E-state index in [0.29, 0.717) is 15.4 Å². The number of fused-ring (bicyclic) bond motifs is 1. The lowest BCUT2D eigenvalue weighted by atomic mass is 10.1. The number of rotatable bonds is 4. The highest BCUT2D eigenvalue weighted by Crippen LogP contribution is 2.35. The molecule has 1 amide bonds. The summed E-state index contributed by atoms with van der Waals surface area (Å²) in [6, 6.07) is 9.28. The Morgan fingerprint density at radius 2 is 1.96 bits per heavy atom. The number of hydrogen-bond acceptors (Lipinski definition) is 5. The molecule has 124 valence electrons. The molecule has 2 N–H and O–H groups in total. The number of primary amides is 1. The van der Waals surface area contributed by atoms with Crippen LogP contribution in [-0.4, -0.2) is 15.5 Å². The van der Waals surface area contributed by atoms with Crippen molar-refractivity contribution in [2.75, 3.05) is 0 Å². The van der Waals surface area contributed by atoms with E-state index in [-0.39, 0.29) is 5.56 Å². The van der Waals surface area contributed by atoms with Gasteiger partial charge >= 0.3 is 0 Å². The fourth-order valence-corrected chi connectivity index (χ4v) is 4.57. The van der Waals surface area contributed by atoms with Crippen molar-refractivity contribution in [3.8, 4) is 0 Å². The number of nitrogens with two attached hydrogens (primary N) is 1. The van der Waals surface area contributed by atoms with E-state index in [1.807, 2.05) is 44.2 Å². The predicted molar refractivity (Wildman–Crippen MR) is 98.6 cm³/mol. The average molecular weight is 359 g/mol. The molecule has 0 radical (unpaired) electrons. The Bertz CT molecular complexity index is 977. The van der Waals surface area contributed by atoms with Crippen LogP contribution in [0.5, 0.6) is 0 Å². The topological polar surface area (TPSA) is 78.0 Å². The normalized spacial score (nSPS) is 12.5. The minimum Gasteiger partial charge on any atom is -0.368 e. The highest BCUT2D eigenvalue weighted by Gasteiger charge is 2.23. The van der Waals surface area contributed by atoms with Gasteiger partial charge in [-0.3, -0.25) is 14.2 Å². The van der Waals surface area contributed by atoms with Crippen molar-refractivity contribution in [2.45, 2.75) is 24.3 Å². The van der Waals surface area contributed by atoms with Gasteiger partial charge in [0.05, 0.1) is 5.39 Å². The molecule has 1 atom stereocenters. The lowest BCUT2D eigenvalue weighted by molar-refractivity contribution is -0.117. The molecule has 2 heterocycles. The second kappa shape index (κ2) is 6.41. The quantitative estimate of drug-likeness (QED) is 0.574. The molecule has 0 saturated heterocycles. The Kier molecular flexibility index (Phi) is 4.47. The van der Waals surface area contributed by atoms with Crippen LogP contribution in [0.2, 0.25) is 0 Å². The first-order valence-corrected chi connectivity index (χ1v) is 9.07. The number of aryl methyl sites for hydroxylation is 2. The monoisotopic (exact) mass is 359 g/mol. The van der Waals surface area contributed by atoms with Crippen LogP contribution in [-0.2, 0) is 11.8 Å². The summed E-state index contributed by atoms with van der Waals surface area (Å²) in [6.07, 6.45) is 0. The van der Waals surface area contributed by atoms with Gasteiger partial charge in [0.25, 0.3) is 5.56 Å². The Balaban J connectivity index is 2.11. The van der Waals surface area contributed by atoms with Crippen molar-refractivity contribution in [3.63, 3.8) is 0 Å². The number of thiophene rings is 1. The maximum atomic E-state index is 12.7. The van der Waals surface area contributed by atoms with Gasteiger partial charge < -0.3 is 5.73 Å². The Morgan fingerprint density at radius 1 is 1.29 bits per heavy atom. The van der Waals surface area contributed by atoms with Crippen LogP contribution < -0.4 is 11.3 Å². The SMILES string of the molecule is Cc1sc2nc(SC(C(N)=O)c3ccccc3)n(C)c(=O)c2c1C. The summed E-state index contributed by atoms with van der Waals surface area (Å²) in [7, 11) is 1.67. The molecule has 0 spiro atoms. The summed E-state index contributed by atoms with van der Waals surface area (Å²) >= 11 is 2.70. The summed E-state index contributed by atoms with van der Waals surface area (Å²) in [4.78, 5) is 31.0. The van der Waals surface area contributed by atoms with Crippen LogP contribution in [0, 0.1) is 13.8 Å². The molecule has 2 aromatic heterocycles. The van der Waals surface area contributed by atoms with Crippen molar-refractivity contribution in [2.24, 2.45) is 12.8 Å². The molecule has 24 heavy (non-hydrogen) atoms. The minimum absolute atomic E-state index is 0.0966. The number of amides is 1. The van der Waals surface area contributed by atoms with Gasteiger partial charge in [0, 0.05) is 11.9 Å². The van der Waals surface area contributed by atoms with Crippen molar-refractivity contribution >= 4 is 39.2 Å². The van der Waals surface area contributed by atoms with E-state index in [9.17, 15) is 9.59 Å². The number of thioether (sulfide) groups is 1. The fraction of sp³-hybridized carbons (Fsp3) is 0.235. The number of hydrogen-bond donors (Lipinski definition) is 1. The molecule has 7 heteroatoms. The van der Waals surface area contributed by atoms with Crippen LogP contribution in [0.25, 0.3) is 10.2 Å². The van der Waals surface area contributed by atoms with Crippen LogP contribution >= 0.6 is 23.1 Å². The van der Waals surface area contributed by atoms with Gasteiger partial charge in [-0.15, -0.1) is 11.3 Å². The van der Waals surface area contributed by atoms with E-state index < -0.39 is 11.2 Å². The Morgan fingerprint density at radius 3 is 2.58 bits per heavy atom. The summed E-state index contributed by atoms with van der Waals surface area (Å²) < 4.78 is 1.49. The number of aromatic nitrogens is 2. The zero-order valence-electron chi connectivity index (χ0n) is 13.6. The van der Waals surface area contributed by atoms with Crippen LogP contribution in [0.3, 0.4) is 0 Å². The first kappa shape index (κ1) is 16.7. The third-order valence-corrected chi connectivity index (χ3v) is 6.37. The van der Waals surface area contributed by atoms with E-state index >= 15 is 0 Å². The summed E-state index contributed by atoms with van der Waals surface area (Å²) in [5.74, 6) is -0.459. The molecule has 0 fully saturated rings. The molecule has 0 saturated carbocycles. The molecule has 3 aromatic rings. The zero-order valence-corrected chi connectivity index (χ0v) is 15.2. The first-order valence-electron chi connectivity index (χ1n) is 7.37. The number of carbonyl (C=O) groups is 1. The summed E-state index contributed by atoms with van der Waals surface area (Å²) in [5.41, 5.74) is 7.24. The first-order chi connectivity index (χ1) is 11.4. The molecule has 5 nitrogen and oxygen atoms in total. The van der Waals surface area contributed by atoms with E-state index in [2.05, 4.69) is 4.98 Å². The smallest absolute Gasteiger partial charge is 0.262 e. The van der Waals surface area contributed by atoms with Gasteiger partial charge in [0.1, 0.15) is 10.1 Å². The molecule has 3 rings (SSSR count). The van der Waals surface area contributed by atoms with Gasteiger partial charge in [0.2, 0.25) is 5.91 Å². The zero-order chi connectivity index (χ0) is 17.4. The van der Waals surface area contributed by atoms with Gasteiger partial charge in [-0.2, -0.15) is 0 Å².